The molecule has 0 bridgehead atoms. The summed E-state index contributed by atoms with van der Waals surface area (Å²) in [6.07, 6.45) is -24.2. The standard InChI is InChI=1S/C28H54N6O16S.2CH4.B.H2/c29-2-8-15(37)18(40)12(33)25(44-8)48-22-7(32)1-6(31)14(36)24(22)50-27-21(43)23(49-26-13(34)19(41)16(38)9(3-30)45-26)11(46-27)5-51-28-20(42)17(39)10(4-35)47-28;;;;/h6-28,35-43H,1-5,29-34H2;2*1H4;;1H/t6-,7?,8?,9+,10-,11-,12?,13?,14?,15-,16-,17+,18-,19?,20?,21?,22-,23+,24-,25-,26-,27+,28+;;;;/m1..../s1/i;;;;1+1. The van der Waals surface area contributed by atoms with E-state index >= 15 is 0 Å². The van der Waals surface area contributed by atoms with E-state index in [4.69, 9.17) is 67.6 Å². The van der Waals surface area contributed by atoms with Gasteiger partial charge in [0.1, 0.15) is 84.8 Å². The number of thioether (sulfide) groups is 1. The van der Waals surface area contributed by atoms with E-state index < -0.39 is 147 Å². The average Bonchev–Trinajstić information content (AvgIpc) is 3.56. The smallest absolute Gasteiger partial charge is 0.187 e. The number of hydrogen-bond donors (Lipinski definition) is 15. The van der Waals surface area contributed by atoms with Gasteiger partial charge in [-0.2, -0.15) is 0 Å². The fourth-order valence-electron chi connectivity index (χ4n) is 6.92. The van der Waals surface area contributed by atoms with Gasteiger partial charge in [0, 0.05) is 40.8 Å². The molecule has 5 rings (SSSR count). The van der Waals surface area contributed by atoms with Crippen LogP contribution >= 0.6 is 11.8 Å². The molecule has 54 heavy (non-hydrogen) atoms. The molecule has 8 unspecified atom stereocenters. The van der Waals surface area contributed by atoms with Crippen molar-refractivity contribution in [1.29, 1.82) is 0 Å². The largest absolute Gasteiger partial charge is 0.394 e. The Kier molecular flexibility index (Phi) is 19.3. The van der Waals surface area contributed by atoms with Crippen LogP contribution in [-0.4, -0.2) is 220 Å². The molecule has 4 saturated heterocycles. The highest BCUT2D eigenvalue weighted by Crippen LogP contribution is 2.37. The van der Waals surface area contributed by atoms with Crippen molar-refractivity contribution in [1.82, 2.24) is 0 Å². The summed E-state index contributed by atoms with van der Waals surface area (Å²) in [5.74, 6) is -0.0841. The molecule has 1 aliphatic carbocycles. The van der Waals surface area contributed by atoms with Crippen molar-refractivity contribution in [2.45, 2.75) is 161 Å². The van der Waals surface area contributed by atoms with E-state index in [1.54, 1.807) is 0 Å². The van der Waals surface area contributed by atoms with Gasteiger partial charge >= 0.3 is 0 Å². The number of hydrogen-bond acceptors (Lipinski definition) is 23. The van der Waals surface area contributed by atoms with Gasteiger partial charge in [-0.1, -0.05) is 14.9 Å². The predicted molar refractivity (Wildman–Crippen MR) is 193 cm³/mol. The minimum Gasteiger partial charge on any atom is -0.394 e. The van der Waals surface area contributed by atoms with Crippen LogP contribution in [-0.2, 0) is 33.2 Å². The molecule has 21 N–H and O–H groups in total. The fraction of sp³-hybridized carbons (Fsp3) is 1.00. The quantitative estimate of drug-likeness (QED) is 0.0814. The van der Waals surface area contributed by atoms with Crippen LogP contribution in [0.1, 0.15) is 22.7 Å². The van der Waals surface area contributed by atoms with Gasteiger partial charge in [0.25, 0.3) is 0 Å². The second-order valence-electron chi connectivity index (χ2n) is 13.6. The first-order chi connectivity index (χ1) is 24.1. The first kappa shape index (κ1) is 49.7. The summed E-state index contributed by atoms with van der Waals surface area (Å²) in [7, 11) is 0. The van der Waals surface area contributed by atoms with Crippen molar-refractivity contribution >= 4 is 20.2 Å². The monoisotopic (exact) mass is 808 g/mol. The molecule has 4 aliphatic heterocycles. The summed E-state index contributed by atoms with van der Waals surface area (Å²) in [6.45, 7) is -0.942. The molecule has 0 aromatic carbocycles. The molecule has 319 valence electrons. The summed E-state index contributed by atoms with van der Waals surface area (Å²) in [6, 6.07) is -4.39. The topological polar surface area (TPSA) is 403 Å². The molecule has 23 atom stereocenters. The van der Waals surface area contributed by atoms with Crippen LogP contribution in [0.2, 0.25) is 0 Å². The molecule has 5 fully saturated rings. The molecule has 0 amide bonds. The Balaban J connectivity index is 0.00000378. The lowest BCUT2D eigenvalue weighted by Gasteiger charge is -2.47. The molecule has 3 radical (unpaired) electrons. The van der Waals surface area contributed by atoms with Crippen LogP contribution in [0.5, 0.6) is 0 Å². The third kappa shape index (κ3) is 10.0. The Morgan fingerprint density at radius 2 is 1.00 bits per heavy atom. The molecule has 4 heterocycles. The van der Waals surface area contributed by atoms with Crippen molar-refractivity contribution < 1.29 is 80.5 Å². The van der Waals surface area contributed by atoms with Gasteiger partial charge in [-0.15, -0.1) is 11.8 Å². The van der Waals surface area contributed by atoms with E-state index in [1.165, 1.54) is 0 Å². The van der Waals surface area contributed by atoms with E-state index in [0.717, 1.165) is 11.8 Å². The van der Waals surface area contributed by atoms with Crippen LogP contribution in [0.3, 0.4) is 0 Å². The summed E-state index contributed by atoms with van der Waals surface area (Å²) in [5, 5.41) is 94.6. The lowest BCUT2D eigenvalue weighted by atomic mass is 9.84. The van der Waals surface area contributed by atoms with Crippen LogP contribution in [0.4, 0.5) is 0 Å². The highest BCUT2D eigenvalue weighted by molar-refractivity contribution is 7.99. The summed E-state index contributed by atoms with van der Waals surface area (Å²) >= 11 is 0.968. The van der Waals surface area contributed by atoms with Gasteiger partial charge in [-0.25, -0.2) is 0 Å². The Bertz CT molecular complexity index is 1130. The molecule has 1 saturated carbocycles. The van der Waals surface area contributed by atoms with E-state index in [0.29, 0.717) is 0 Å². The molecule has 0 spiro atoms. The van der Waals surface area contributed by atoms with Crippen molar-refractivity contribution in [3.8, 4) is 0 Å². The Hall–Kier alpha value is -0.465. The molecule has 5 aliphatic rings. The normalized spacial score (nSPS) is 50.8. The van der Waals surface area contributed by atoms with Crippen LogP contribution in [0.15, 0.2) is 0 Å². The number of aliphatic hydroxyl groups excluding tert-OH is 9. The van der Waals surface area contributed by atoms with E-state index in [2.05, 4.69) is 0 Å². The zero-order valence-electron chi connectivity index (χ0n) is 28.1. The first-order valence-corrected chi connectivity index (χ1v) is 17.9. The molecular weight excluding hydrogens is 743 g/mol. The lowest BCUT2D eigenvalue weighted by Crippen LogP contribution is -2.68. The van der Waals surface area contributed by atoms with Crippen molar-refractivity contribution in [3.63, 3.8) is 0 Å². The van der Waals surface area contributed by atoms with Gasteiger partial charge in [-0.05, 0) is 6.42 Å². The minimum atomic E-state index is -1.66. The van der Waals surface area contributed by atoms with Crippen LogP contribution < -0.4 is 34.4 Å². The zero-order valence-corrected chi connectivity index (χ0v) is 29.0. The second-order valence-corrected chi connectivity index (χ2v) is 14.7. The second kappa shape index (κ2) is 21.0. The van der Waals surface area contributed by atoms with Crippen molar-refractivity contribution in [2.24, 2.45) is 34.4 Å². The third-order valence-electron chi connectivity index (χ3n) is 10.1. The molecule has 24 heteroatoms. The first-order valence-electron chi connectivity index (χ1n) is 16.8. The molecule has 22 nitrogen and oxygen atoms in total. The maximum absolute atomic E-state index is 11.6. The van der Waals surface area contributed by atoms with Gasteiger partial charge in [0.15, 0.2) is 18.9 Å². The number of nitrogens with two attached hydrogens (primary N) is 6. The summed E-state index contributed by atoms with van der Waals surface area (Å²) < 4.78 is 41.4. The highest BCUT2D eigenvalue weighted by Gasteiger charge is 2.55. The summed E-state index contributed by atoms with van der Waals surface area (Å²) in [4.78, 5) is 0. The SMILES string of the molecule is C.C.NCC1O[C@H](O[C@@H]2C(N)C[C@@H](N)C(O)[C@H]2O[C@@H]2O[C@H](CS[C@@H]3O[C@H](CO)[C@H](O)C3O)[C@H](O[C@H]3O[C@@H](CN)[C@@H](O)C(O)C3N)C2O)C(N)[C@@H](O)[C@@H]1O.[2HH].[B]. The van der Waals surface area contributed by atoms with E-state index in [9.17, 15) is 46.0 Å². The van der Waals surface area contributed by atoms with E-state index in [1.807, 2.05) is 0 Å². The van der Waals surface area contributed by atoms with Crippen LogP contribution in [0, 0.1) is 0 Å². The van der Waals surface area contributed by atoms with Gasteiger partial charge in [-0.3, -0.25) is 0 Å². The fourth-order valence-corrected chi connectivity index (χ4v) is 8.15. The number of ether oxygens (including phenoxy) is 7. The highest BCUT2D eigenvalue weighted by atomic mass is 32.2. The van der Waals surface area contributed by atoms with Crippen molar-refractivity contribution in [3.05, 3.63) is 0 Å². The predicted octanol–water partition coefficient (Wildman–Crippen LogP) is -8.58. The maximum Gasteiger partial charge on any atom is 0.187 e. The van der Waals surface area contributed by atoms with Gasteiger partial charge in [0.05, 0.1) is 30.9 Å². The Morgan fingerprint density at radius 1 is 0.537 bits per heavy atom. The van der Waals surface area contributed by atoms with E-state index in [-0.39, 0.29) is 50.0 Å². The van der Waals surface area contributed by atoms with Crippen LogP contribution in [0.25, 0.3) is 0 Å². The lowest BCUT2D eigenvalue weighted by molar-refractivity contribution is -0.306. The molecule has 0 aromatic rings. The Labute approximate surface area is 321 Å². The average molecular weight is 809 g/mol. The number of aliphatic hydroxyl groups is 9. The zero-order chi connectivity index (χ0) is 37.5. The minimum absolute atomic E-state index is 0. The summed E-state index contributed by atoms with van der Waals surface area (Å²) in [5.41, 5.74) is 35.2. The Morgan fingerprint density at radius 3 is 1.48 bits per heavy atom. The maximum atomic E-state index is 11.6. The third-order valence-corrected chi connectivity index (χ3v) is 11.4. The van der Waals surface area contributed by atoms with Gasteiger partial charge < -0.3 is 114 Å². The molecular formula is C30H64BN6O16S. The van der Waals surface area contributed by atoms with Gasteiger partial charge in [0.2, 0.25) is 0 Å². The molecule has 0 aromatic heterocycles. The number of rotatable bonds is 12. The van der Waals surface area contributed by atoms with Crippen molar-refractivity contribution in [2.75, 3.05) is 25.4 Å².